The van der Waals surface area contributed by atoms with Crippen LogP contribution in [0.4, 0.5) is 13.2 Å². The highest BCUT2D eigenvalue weighted by molar-refractivity contribution is 7.08. The second kappa shape index (κ2) is 9.68. The minimum absolute atomic E-state index is 0.0545. The molecule has 11 heteroatoms. The molecule has 4 rings (SSSR count). The molecule has 7 nitrogen and oxygen atoms in total. The molecule has 2 amide bonds. The second-order valence-corrected chi connectivity index (χ2v) is 8.54. The van der Waals surface area contributed by atoms with Gasteiger partial charge in [0.25, 0.3) is 5.91 Å². The van der Waals surface area contributed by atoms with Crippen LogP contribution in [0.5, 0.6) is 0 Å². The van der Waals surface area contributed by atoms with E-state index in [1.807, 2.05) is 45.0 Å². The molecule has 2 aliphatic heterocycles. The number of aliphatic carboxylic acids is 1. The maximum Gasteiger partial charge on any atom is 0.490 e. The molecule has 1 atom stereocenters. The van der Waals surface area contributed by atoms with Crippen LogP contribution in [-0.4, -0.2) is 63.5 Å². The molecule has 32 heavy (non-hydrogen) atoms. The molecule has 0 saturated carbocycles. The van der Waals surface area contributed by atoms with Crippen molar-refractivity contribution < 1.29 is 32.7 Å². The Balaban J connectivity index is 0.000000360. The van der Waals surface area contributed by atoms with E-state index in [1.165, 1.54) is 11.3 Å². The summed E-state index contributed by atoms with van der Waals surface area (Å²) < 4.78 is 31.7. The number of alkyl halides is 3. The van der Waals surface area contributed by atoms with Gasteiger partial charge in [-0.3, -0.25) is 14.6 Å². The topological polar surface area (TPSA) is 90.8 Å². The molecule has 0 bridgehead atoms. The van der Waals surface area contributed by atoms with Crippen LogP contribution in [0.2, 0.25) is 0 Å². The van der Waals surface area contributed by atoms with E-state index in [4.69, 9.17) is 9.90 Å². The predicted molar refractivity (Wildman–Crippen MR) is 110 cm³/mol. The van der Waals surface area contributed by atoms with Crippen molar-refractivity contribution >= 4 is 29.1 Å². The van der Waals surface area contributed by atoms with Crippen LogP contribution >= 0.6 is 11.3 Å². The van der Waals surface area contributed by atoms with Gasteiger partial charge < -0.3 is 14.9 Å². The monoisotopic (exact) mass is 469 g/mol. The minimum atomic E-state index is -5.08. The normalized spacial score (nSPS) is 20.8. The summed E-state index contributed by atoms with van der Waals surface area (Å²) in [6, 6.07) is 5.76. The van der Waals surface area contributed by atoms with E-state index in [9.17, 15) is 22.8 Å². The quantitative estimate of drug-likeness (QED) is 0.744. The fraction of sp³-hybridized carbons (Fsp3) is 0.429. The third kappa shape index (κ3) is 5.45. The van der Waals surface area contributed by atoms with E-state index in [0.29, 0.717) is 13.1 Å². The number of carboxylic acids is 1. The second-order valence-electron chi connectivity index (χ2n) is 7.76. The number of nitrogens with zero attached hydrogens (tertiary/aromatic N) is 3. The van der Waals surface area contributed by atoms with Crippen LogP contribution in [0.15, 0.2) is 41.4 Å². The zero-order chi connectivity index (χ0) is 23.4. The molecule has 2 fully saturated rings. The summed E-state index contributed by atoms with van der Waals surface area (Å²) in [7, 11) is 0. The van der Waals surface area contributed by atoms with Gasteiger partial charge >= 0.3 is 12.1 Å². The van der Waals surface area contributed by atoms with E-state index in [0.717, 1.165) is 43.5 Å². The molecule has 0 aromatic carbocycles. The van der Waals surface area contributed by atoms with Crippen molar-refractivity contribution in [3.05, 3.63) is 52.5 Å². The van der Waals surface area contributed by atoms with Gasteiger partial charge in [-0.05, 0) is 42.3 Å². The molecular formula is C21H22F3N3O4S. The van der Waals surface area contributed by atoms with E-state index in [-0.39, 0.29) is 11.8 Å². The van der Waals surface area contributed by atoms with Crippen molar-refractivity contribution in [2.75, 3.05) is 19.6 Å². The van der Waals surface area contributed by atoms with Crippen LogP contribution in [0.25, 0.3) is 0 Å². The lowest BCUT2D eigenvalue weighted by Crippen LogP contribution is -2.49. The van der Waals surface area contributed by atoms with E-state index in [2.05, 4.69) is 4.98 Å². The number of hydrogen-bond acceptors (Lipinski definition) is 5. The number of pyridine rings is 1. The van der Waals surface area contributed by atoms with Crippen molar-refractivity contribution in [2.24, 2.45) is 5.41 Å². The first-order valence-corrected chi connectivity index (χ1v) is 10.9. The molecule has 4 heterocycles. The Kier molecular flexibility index (Phi) is 7.17. The third-order valence-electron chi connectivity index (χ3n) is 5.57. The fourth-order valence-electron chi connectivity index (χ4n) is 4.01. The van der Waals surface area contributed by atoms with Gasteiger partial charge in [-0.1, -0.05) is 6.07 Å². The largest absolute Gasteiger partial charge is 0.490 e. The van der Waals surface area contributed by atoms with Gasteiger partial charge in [-0.15, -0.1) is 0 Å². The molecule has 2 aliphatic rings. The number of carboxylic acid groups (broad SMARTS) is 1. The lowest BCUT2D eigenvalue weighted by atomic mass is 9.78. The fourth-order valence-corrected chi connectivity index (χ4v) is 4.64. The SMILES string of the molecule is O=C(O)C(F)(F)F.O=C(c1ccsc1)N1CCCC2(CCN(Cc3cccnc3)C2=O)C1. The number of carbonyl (C=O) groups excluding carboxylic acids is 2. The van der Waals surface area contributed by atoms with Crippen LogP contribution in [-0.2, 0) is 16.1 Å². The Morgan fingerprint density at radius 2 is 1.97 bits per heavy atom. The van der Waals surface area contributed by atoms with Gasteiger partial charge in [0.2, 0.25) is 5.91 Å². The van der Waals surface area contributed by atoms with Gasteiger partial charge in [0.1, 0.15) is 0 Å². The molecule has 1 N–H and O–H groups in total. The van der Waals surface area contributed by atoms with Crippen molar-refractivity contribution in [1.82, 2.24) is 14.8 Å². The molecule has 0 aliphatic carbocycles. The Labute approximate surface area is 186 Å². The summed E-state index contributed by atoms with van der Waals surface area (Å²) in [5, 5.41) is 10.9. The van der Waals surface area contributed by atoms with E-state index < -0.39 is 17.6 Å². The average molecular weight is 469 g/mol. The Morgan fingerprint density at radius 1 is 1.22 bits per heavy atom. The van der Waals surface area contributed by atoms with Gasteiger partial charge in [-0.25, -0.2) is 4.79 Å². The summed E-state index contributed by atoms with van der Waals surface area (Å²) in [4.78, 5) is 42.6. The summed E-state index contributed by atoms with van der Waals surface area (Å²) in [6.07, 6.45) is 1.07. The van der Waals surface area contributed by atoms with Crippen molar-refractivity contribution in [3.8, 4) is 0 Å². The standard InChI is InChI=1S/C19H21N3O2S.C2HF3O2/c23-17(16-4-10-25-13-16)22-8-2-5-19(14-22)6-9-21(18(19)24)12-15-3-1-7-20-11-15;3-2(4,5)1(6)7/h1,3-4,7,10-11,13H,2,5-6,8-9,12,14H2;(H,6,7). The molecular weight excluding hydrogens is 447 g/mol. The van der Waals surface area contributed by atoms with Gasteiger partial charge in [0, 0.05) is 44.0 Å². The highest BCUT2D eigenvalue weighted by atomic mass is 32.1. The lowest BCUT2D eigenvalue weighted by molar-refractivity contribution is -0.192. The number of halogens is 3. The molecule has 0 radical (unpaired) electrons. The maximum atomic E-state index is 13.1. The van der Waals surface area contributed by atoms with Gasteiger partial charge in [-0.2, -0.15) is 24.5 Å². The van der Waals surface area contributed by atoms with Gasteiger partial charge in [0.05, 0.1) is 11.0 Å². The molecule has 1 unspecified atom stereocenters. The minimum Gasteiger partial charge on any atom is -0.475 e. The van der Waals surface area contributed by atoms with Crippen molar-refractivity contribution in [2.45, 2.75) is 32.0 Å². The van der Waals surface area contributed by atoms with Crippen LogP contribution < -0.4 is 0 Å². The van der Waals surface area contributed by atoms with Crippen LogP contribution in [0.3, 0.4) is 0 Å². The summed E-state index contributed by atoms with van der Waals surface area (Å²) >= 11 is 1.53. The van der Waals surface area contributed by atoms with Crippen molar-refractivity contribution in [3.63, 3.8) is 0 Å². The Morgan fingerprint density at radius 3 is 2.56 bits per heavy atom. The van der Waals surface area contributed by atoms with E-state index >= 15 is 0 Å². The average Bonchev–Trinajstić information content (AvgIpc) is 3.39. The number of thiophene rings is 1. The Bertz CT molecular complexity index is 953. The Hall–Kier alpha value is -2.95. The highest BCUT2D eigenvalue weighted by Gasteiger charge is 2.49. The number of amides is 2. The highest BCUT2D eigenvalue weighted by Crippen LogP contribution is 2.41. The van der Waals surface area contributed by atoms with Crippen LogP contribution in [0.1, 0.15) is 35.2 Å². The first-order valence-electron chi connectivity index (χ1n) is 9.92. The predicted octanol–water partition coefficient (Wildman–Crippen LogP) is 3.43. The van der Waals surface area contributed by atoms with E-state index in [1.54, 1.807) is 6.20 Å². The van der Waals surface area contributed by atoms with Gasteiger partial charge in [0.15, 0.2) is 0 Å². The number of aromatic nitrogens is 1. The number of likely N-dealkylation sites (tertiary alicyclic amines) is 2. The number of hydrogen-bond donors (Lipinski definition) is 1. The molecule has 2 saturated heterocycles. The lowest BCUT2D eigenvalue weighted by Gasteiger charge is -2.39. The smallest absolute Gasteiger partial charge is 0.475 e. The molecule has 1 spiro atoms. The zero-order valence-electron chi connectivity index (χ0n) is 17.0. The number of carbonyl (C=O) groups is 3. The molecule has 2 aromatic heterocycles. The number of piperidine rings is 1. The zero-order valence-corrected chi connectivity index (χ0v) is 17.9. The molecule has 2 aromatic rings. The first kappa shape index (κ1) is 23.7. The molecule has 172 valence electrons. The number of rotatable bonds is 3. The maximum absolute atomic E-state index is 13.1. The summed E-state index contributed by atoms with van der Waals surface area (Å²) in [5.41, 5.74) is 1.39. The first-order chi connectivity index (χ1) is 15.1. The summed E-state index contributed by atoms with van der Waals surface area (Å²) in [6.45, 7) is 2.65. The van der Waals surface area contributed by atoms with Crippen LogP contribution in [0, 0.1) is 5.41 Å². The summed E-state index contributed by atoms with van der Waals surface area (Å²) in [5.74, 6) is -2.51. The van der Waals surface area contributed by atoms with Crippen molar-refractivity contribution in [1.29, 1.82) is 0 Å². The third-order valence-corrected chi connectivity index (χ3v) is 6.26.